The van der Waals surface area contributed by atoms with Gasteiger partial charge in [-0.3, -0.25) is 4.79 Å². The van der Waals surface area contributed by atoms with Crippen molar-refractivity contribution in [2.24, 2.45) is 5.10 Å². The number of rotatable bonds is 2. The predicted molar refractivity (Wildman–Crippen MR) is 65.1 cm³/mol. The highest BCUT2D eigenvalue weighted by atomic mass is 79.9. The molecule has 0 fully saturated rings. The topological polar surface area (TPSA) is 41.5 Å². The van der Waals surface area contributed by atoms with Crippen LogP contribution in [0.2, 0.25) is 0 Å². The molecule has 80 valence electrons. The molecule has 0 atom stereocenters. The summed E-state index contributed by atoms with van der Waals surface area (Å²) in [7, 11) is 0. The van der Waals surface area contributed by atoms with Gasteiger partial charge in [-0.1, -0.05) is 22.0 Å². The van der Waals surface area contributed by atoms with Gasteiger partial charge in [-0.15, -0.1) is 0 Å². The molecule has 0 spiro atoms. The van der Waals surface area contributed by atoms with Crippen LogP contribution in [0.1, 0.15) is 29.8 Å². The second kappa shape index (κ2) is 5.07. The molecule has 1 aromatic rings. The zero-order valence-electron chi connectivity index (χ0n) is 8.97. The highest BCUT2D eigenvalue weighted by Gasteiger charge is 2.05. The van der Waals surface area contributed by atoms with Crippen LogP contribution in [-0.4, -0.2) is 11.6 Å². The lowest BCUT2D eigenvalue weighted by atomic mass is 10.1. The first-order chi connectivity index (χ1) is 7.00. The normalized spacial score (nSPS) is 9.60. The fourth-order valence-electron chi connectivity index (χ4n) is 0.961. The molecule has 3 nitrogen and oxygen atoms in total. The Hall–Kier alpha value is -1.16. The van der Waals surface area contributed by atoms with Crippen molar-refractivity contribution in [1.82, 2.24) is 5.43 Å². The van der Waals surface area contributed by atoms with Crippen LogP contribution in [0.3, 0.4) is 0 Å². The van der Waals surface area contributed by atoms with Crippen molar-refractivity contribution in [2.45, 2.75) is 20.8 Å². The molecule has 0 saturated carbocycles. The van der Waals surface area contributed by atoms with Crippen LogP contribution in [0, 0.1) is 6.92 Å². The molecule has 1 rings (SSSR count). The maximum Gasteiger partial charge on any atom is 0.271 e. The Morgan fingerprint density at radius 2 is 2.07 bits per heavy atom. The zero-order valence-corrected chi connectivity index (χ0v) is 10.6. The summed E-state index contributed by atoms with van der Waals surface area (Å²) < 4.78 is 0.923. The summed E-state index contributed by atoms with van der Waals surface area (Å²) in [4.78, 5) is 11.6. The summed E-state index contributed by atoms with van der Waals surface area (Å²) >= 11 is 3.38. The molecule has 15 heavy (non-hydrogen) atoms. The van der Waals surface area contributed by atoms with E-state index in [0.717, 1.165) is 15.7 Å². The summed E-state index contributed by atoms with van der Waals surface area (Å²) in [5.74, 6) is -0.197. The number of carbonyl (C=O) groups excluding carboxylic acids is 1. The molecule has 0 saturated heterocycles. The Morgan fingerprint density at radius 3 is 2.60 bits per heavy atom. The summed E-state index contributed by atoms with van der Waals surface area (Å²) in [5.41, 5.74) is 4.98. The molecule has 0 radical (unpaired) electrons. The number of halogens is 1. The molecule has 0 aliphatic rings. The van der Waals surface area contributed by atoms with E-state index in [2.05, 4.69) is 26.5 Å². The van der Waals surface area contributed by atoms with Crippen LogP contribution < -0.4 is 5.43 Å². The number of amides is 1. The number of aryl methyl sites for hydroxylation is 1. The van der Waals surface area contributed by atoms with Gasteiger partial charge in [0.25, 0.3) is 5.91 Å². The van der Waals surface area contributed by atoms with E-state index in [1.807, 2.05) is 26.8 Å². The minimum absolute atomic E-state index is 0.197. The Kier molecular flexibility index (Phi) is 4.03. The van der Waals surface area contributed by atoms with Gasteiger partial charge in [0.1, 0.15) is 0 Å². The van der Waals surface area contributed by atoms with Crippen molar-refractivity contribution in [2.75, 3.05) is 0 Å². The first kappa shape index (κ1) is 11.9. The van der Waals surface area contributed by atoms with E-state index in [4.69, 9.17) is 0 Å². The Labute approximate surface area is 97.7 Å². The third kappa shape index (κ3) is 3.47. The summed E-state index contributed by atoms with van der Waals surface area (Å²) in [6.07, 6.45) is 0. The second-order valence-electron chi connectivity index (χ2n) is 3.46. The molecule has 1 aromatic carbocycles. The van der Waals surface area contributed by atoms with Crippen LogP contribution >= 0.6 is 15.9 Å². The molecule has 1 N–H and O–H groups in total. The third-order valence-corrected chi connectivity index (χ3v) is 2.67. The minimum atomic E-state index is -0.197. The van der Waals surface area contributed by atoms with E-state index >= 15 is 0 Å². The van der Waals surface area contributed by atoms with E-state index in [1.165, 1.54) is 0 Å². The minimum Gasteiger partial charge on any atom is -0.267 e. The van der Waals surface area contributed by atoms with Crippen LogP contribution in [0.15, 0.2) is 27.8 Å². The first-order valence-electron chi connectivity index (χ1n) is 4.58. The number of nitrogens with zero attached hydrogens (tertiary/aromatic N) is 1. The smallest absolute Gasteiger partial charge is 0.267 e. The van der Waals surface area contributed by atoms with Gasteiger partial charge in [-0.2, -0.15) is 5.10 Å². The molecule has 0 aliphatic carbocycles. The number of carbonyl (C=O) groups is 1. The van der Waals surface area contributed by atoms with Gasteiger partial charge in [0, 0.05) is 15.7 Å². The molecule has 1 amide bonds. The molecular weight excluding hydrogens is 256 g/mol. The number of hydrogen-bond donors (Lipinski definition) is 1. The number of hydrogen-bond acceptors (Lipinski definition) is 2. The Bertz CT molecular complexity index is 409. The average Bonchev–Trinajstić information content (AvgIpc) is 2.18. The molecule has 4 heteroatoms. The summed E-state index contributed by atoms with van der Waals surface area (Å²) in [6, 6.07) is 5.45. The van der Waals surface area contributed by atoms with Crippen molar-refractivity contribution in [1.29, 1.82) is 0 Å². The lowest BCUT2D eigenvalue weighted by molar-refractivity contribution is 0.0954. The fraction of sp³-hybridized carbons (Fsp3) is 0.273. The van der Waals surface area contributed by atoms with Gasteiger partial charge >= 0.3 is 0 Å². The van der Waals surface area contributed by atoms with E-state index in [1.54, 1.807) is 12.1 Å². The van der Waals surface area contributed by atoms with Gasteiger partial charge in [-0.25, -0.2) is 5.43 Å². The standard InChI is InChI=1S/C11H13BrN2O/c1-7(2)13-14-11(15)9-5-4-8(3)10(12)6-9/h4-6H,1-3H3,(H,14,15). The van der Waals surface area contributed by atoms with Gasteiger partial charge < -0.3 is 0 Å². The van der Waals surface area contributed by atoms with Crippen molar-refractivity contribution >= 4 is 27.5 Å². The van der Waals surface area contributed by atoms with Crippen molar-refractivity contribution in [3.05, 3.63) is 33.8 Å². The average molecular weight is 269 g/mol. The number of benzene rings is 1. The molecule has 0 aliphatic heterocycles. The summed E-state index contributed by atoms with van der Waals surface area (Å²) in [6.45, 7) is 5.62. The Morgan fingerprint density at radius 1 is 1.40 bits per heavy atom. The summed E-state index contributed by atoms with van der Waals surface area (Å²) in [5, 5.41) is 3.85. The lowest BCUT2D eigenvalue weighted by Crippen LogP contribution is -2.18. The fourth-order valence-corrected chi connectivity index (χ4v) is 1.34. The lowest BCUT2D eigenvalue weighted by Gasteiger charge is -2.03. The quantitative estimate of drug-likeness (QED) is 0.651. The Balaban J connectivity index is 2.83. The maximum absolute atomic E-state index is 11.6. The zero-order chi connectivity index (χ0) is 11.4. The largest absolute Gasteiger partial charge is 0.271 e. The van der Waals surface area contributed by atoms with Crippen LogP contribution in [0.4, 0.5) is 0 Å². The first-order valence-corrected chi connectivity index (χ1v) is 5.37. The van der Waals surface area contributed by atoms with Gasteiger partial charge in [-0.05, 0) is 38.5 Å². The van der Waals surface area contributed by atoms with Crippen LogP contribution in [-0.2, 0) is 0 Å². The van der Waals surface area contributed by atoms with Crippen molar-refractivity contribution in [3.8, 4) is 0 Å². The molecule has 0 heterocycles. The van der Waals surface area contributed by atoms with E-state index in [-0.39, 0.29) is 5.91 Å². The van der Waals surface area contributed by atoms with Crippen molar-refractivity contribution < 1.29 is 4.79 Å². The predicted octanol–water partition coefficient (Wildman–Crippen LogP) is 2.88. The monoisotopic (exact) mass is 268 g/mol. The molecule has 0 aromatic heterocycles. The molecular formula is C11H13BrN2O. The third-order valence-electron chi connectivity index (χ3n) is 1.82. The number of hydrazone groups is 1. The van der Waals surface area contributed by atoms with Gasteiger partial charge in [0.15, 0.2) is 0 Å². The van der Waals surface area contributed by atoms with E-state index in [0.29, 0.717) is 5.56 Å². The van der Waals surface area contributed by atoms with E-state index < -0.39 is 0 Å². The SMILES string of the molecule is CC(C)=NNC(=O)c1ccc(C)c(Br)c1. The second-order valence-corrected chi connectivity index (χ2v) is 4.32. The maximum atomic E-state index is 11.6. The highest BCUT2D eigenvalue weighted by Crippen LogP contribution is 2.17. The molecule has 0 unspecified atom stereocenters. The van der Waals surface area contributed by atoms with Gasteiger partial charge in [0.05, 0.1) is 0 Å². The van der Waals surface area contributed by atoms with Crippen LogP contribution in [0.25, 0.3) is 0 Å². The molecule has 0 bridgehead atoms. The van der Waals surface area contributed by atoms with E-state index in [9.17, 15) is 4.79 Å². The highest BCUT2D eigenvalue weighted by molar-refractivity contribution is 9.10. The number of nitrogens with one attached hydrogen (secondary N) is 1. The van der Waals surface area contributed by atoms with Gasteiger partial charge in [0.2, 0.25) is 0 Å². The van der Waals surface area contributed by atoms with Crippen molar-refractivity contribution in [3.63, 3.8) is 0 Å². The van der Waals surface area contributed by atoms with Crippen LogP contribution in [0.5, 0.6) is 0 Å².